The van der Waals surface area contributed by atoms with Gasteiger partial charge in [0.1, 0.15) is 0 Å². The average Bonchev–Trinajstić information content (AvgIpc) is 2.13. The molecule has 0 aromatic rings. The van der Waals surface area contributed by atoms with Crippen molar-refractivity contribution in [2.75, 3.05) is 13.2 Å². The second-order valence-electron chi connectivity index (χ2n) is 2.37. The Hall–Kier alpha value is -0.500. The zero-order valence-corrected chi connectivity index (χ0v) is 5.56. The summed E-state index contributed by atoms with van der Waals surface area (Å²) in [4.78, 5) is 0. The number of nitrogens with one attached hydrogen (secondary N) is 1. The molecule has 0 saturated heterocycles. The van der Waals surface area contributed by atoms with Crippen molar-refractivity contribution < 1.29 is 5.11 Å². The molecule has 0 radical (unpaired) electrons. The van der Waals surface area contributed by atoms with Crippen molar-refractivity contribution in [3.8, 4) is 0 Å². The molecular weight excluding hydrogens is 114 g/mol. The minimum atomic E-state index is 0.215. The van der Waals surface area contributed by atoms with Crippen LogP contribution in [0.2, 0.25) is 0 Å². The third kappa shape index (κ3) is 2.06. The Labute approximate surface area is 55.6 Å². The highest BCUT2D eigenvalue weighted by molar-refractivity contribution is 5.01. The molecule has 2 nitrogen and oxygen atoms in total. The van der Waals surface area contributed by atoms with E-state index in [1.807, 2.05) is 6.20 Å². The Morgan fingerprint density at radius 3 is 3.22 bits per heavy atom. The van der Waals surface area contributed by atoms with E-state index in [0.717, 1.165) is 18.5 Å². The molecule has 9 heavy (non-hydrogen) atoms. The summed E-state index contributed by atoms with van der Waals surface area (Å²) in [5.41, 5.74) is 1.13. The van der Waals surface area contributed by atoms with Crippen LogP contribution in [0, 0.1) is 0 Å². The third-order valence-electron chi connectivity index (χ3n) is 1.58. The van der Waals surface area contributed by atoms with Gasteiger partial charge in [0.15, 0.2) is 0 Å². The van der Waals surface area contributed by atoms with Gasteiger partial charge in [-0.1, -0.05) is 0 Å². The molecule has 2 N–H and O–H groups in total. The minimum Gasteiger partial charge on any atom is -0.392 e. The van der Waals surface area contributed by atoms with E-state index in [-0.39, 0.29) is 6.61 Å². The summed E-state index contributed by atoms with van der Waals surface area (Å²) in [6, 6.07) is 0. The molecule has 0 atom stereocenters. The van der Waals surface area contributed by atoms with Gasteiger partial charge in [0.2, 0.25) is 0 Å². The molecule has 0 aromatic heterocycles. The maximum Gasteiger partial charge on any atom is 0.0658 e. The number of hydrogen-bond acceptors (Lipinski definition) is 2. The first-order valence-electron chi connectivity index (χ1n) is 3.45. The van der Waals surface area contributed by atoms with Gasteiger partial charge < -0.3 is 10.4 Å². The molecule has 1 aliphatic rings. The maximum atomic E-state index is 8.71. The van der Waals surface area contributed by atoms with E-state index in [1.54, 1.807) is 0 Å². The number of aliphatic hydroxyl groups excluding tert-OH is 1. The van der Waals surface area contributed by atoms with Gasteiger partial charge in [-0.3, -0.25) is 0 Å². The third-order valence-corrected chi connectivity index (χ3v) is 1.58. The molecule has 1 aliphatic heterocycles. The van der Waals surface area contributed by atoms with Gasteiger partial charge in [-0.05, 0) is 31.0 Å². The van der Waals surface area contributed by atoms with Gasteiger partial charge in [-0.2, -0.15) is 0 Å². The van der Waals surface area contributed by atoms with E-state index in [2.05, 4.69) is 5.32 Å². The first-order valence-corrected chi connectivity index (χ1v) is 3.45. The van der Waals surface area contributed by atoms with Crippen LogP contribution in [0.3, 0.4) is 0 Å². The van der Waals surface area contributed by atoms with Crippen LogP contribution >= 0.6 is 0 Å². The predicted octanol–water partition coefficient (Wildman–Crippen LogP) is 0.636. The van der Waals surface area contributed by atoms with Crippen LogP contribution in [0.25, 0.3) is 0 Å². The van der Waals surface area contributed by atoms with E-state index in [9.17, 15) is 0 Å². The molecule has 1 heterocycles. The van der Waals surface area contributed by atoms with Crippen molar-refractivity contribution in [1.29, 1.82) is 0 Å². The summed E-state index contributed by atoms with van der Waals surface area (Å²) in [7, 11) is 0. The normalized spacial score (nSPS) is 19.9. The van der Waals surface area contributed by atoms with Crippen molar-refractivity contribution in [2.45, 2.75) is 19.3 Å². The van der Waals surface area contributed by atoms with Gasteiger partial charge in [0.25, 0.3) is 0 Å². The summed E-state index contributed by atoms with van der Waals surface area (Å²) in [6.07, 6.45) is 5.43. The molecule has 0 aliphatic carbocycles. The van der Waals surface area contributed by atoms with E-state index >= 15 is 0 Å². The lowest BCUT2D eigenvalue weighted by Crippen LogP contribution is -2.05. The fourth-order valence-electron chi connectivity index (χ4n) is 0.992. The average molecular weight is 127 g/mol. The van der Waals surface area contributed by atoms with Gasteiger partial charge in [-0.15, -0.1) is 0 Å². The van der Waals surface area contributed by atoms with Crippen LogP contribution in [0.15, 0.2) is 11.8 Å². The van der Waals surface area contributed by atoms with E-state index in [4.69, 9.17) is 5.11 Å². The topological polar surface area (TPSA) is 32.3 Å². The quantitative estimate of drug-likeness (QED) is 0.541. The van der Waals surface area contributed by atoms with Gasteiger partial charge in [-0.25, -0.2) is 0 Å². The van der Waals surface area contributed by atoms with E-state index < -0.39 is 0 Å². The molecule has 1 rings (SSSR count). The fourth-order valence-corrected chi connectivity index (χ4v) is 0.992. The Bertz CT molecular complexity index is 109. The maximum absolute atomic E-state index is 8.71. The zero-order valence-electron chi connectivity index (χ0n) is 5.56. The van der Waals surface area contributed by atoms with Crippen LogP contribution in [0.5, 0.6) is 0 Å². The molecular formula is C7H13NO. The van der Waals surface area contributed by atoms with Crippen LogP contribution in [0.1, 0.15) is 19.3 Å². The molecule has 0 spiro atoms. The van der Waals surface area contributed by atoms with Crippen LogP contribution in [-0.4, -0.2) is 18.3 Å². The Morgan fingerprint density at radius 1 is 1.56 bits per heavy atom. The summed E-state index contributed by atoms with van der Waals surface area (Å²) >= 11 is 0. The zero-order chi connectivity index (χ0) is 6.53. The summed E-state index contributed by atoms with van der Waals surface area (Å²) < 4.78 is 0. The van der Waals surface area contributed by atoms with Crippen molar-refractivity contribution in [2.24, 2.45) is 0 Å². The SMILES string of the molecule is OCC1=CNCCCC1. The first kappa shape index (κ1) is 6.62. The molecule has 2 heteroatoms. The largest absolute Gasteiger partial charge is 0.392 e. The summed E-state index contributed by atoms with van der Waals surface area (Å²) in [6.45, 7) is 1.27. The lowest BCUT2D eigenvalue weighted by atomic mass is 10.1. The van der Waals surface area contributed by atoms with Gasteiger partial charge >= 0.3 is 0 Å². The molecule has 0 unspecified atom stereocenters. The number of aliphatic hydroxyl groups is 1. The van der Waals surface area contributed by atoms with Crippen LogP contribution in [-0.2, 0) is 0 Å². The summed E-state index contributed by atoms with van der Waals surface area (Å²) in [5.74, 6) is 0. The van der Waals surface area contributed by atoms with E-state index in [1.165, 1.54) is 12.8 Å². The molecule has 0 amide bonds. The second-order valence-corrected chi connectivity index (χ2v) is 2.37. The standard InChI is InChI=1S/C7H13NO/c9-6-7-3-1-2-4-8-5-7/h5,8-9H,1-4,6H2. The first-order chi connectivity index (χ1) is 4.43. The molecule has 0 aromatic carbocycles. The molecule has 0 bridgehead atoms. The van der Waals surface area contributed by atoms with Crippen molar-refractivity contribution in [1.82, 2.24) is 5.32 Å². The molecule has 0 saturated carbocycles. The number of rotatable bonds is 1. The predicted molar refractivity (Wildman–Crippen MR) is 37.0 cm³/mol. The van der Waals surface area contributed by atoms with Gasteiger partial charge in [0, 0.05) is 6.54 Å². The lowest BCUT2D eigenvalue weighted by molar-refractivity contribution is 0.326. The molecule has 0 fully saturated rings. The second kappa shape index (κ2) is 3.51. The molecule has 52 valence electrons. The highest BCUT2D eigenvalue weighted by atomic mass is 16.3. The van der Waals surface area contributed by atoms with Crippen molar-refractivity contribution in [3.05, 3.63) is 11.8 Å². The highest BCUT2D eigenvalue weighted by Crippen LogP contribution is 2.07. The fraction of sp³-hybridized carbons (Fsp3) is 0.714. The van der Waals surface area contributed by atoms with Crippen molar-refractivity contribution in [3.63, 3.8) is 0 Å². The van der Waals surface area contributed by atoms with Crippen LogP contribution < -0.4 is 5.32 Å². The monoisotopic (exact) mass is 127 g/mol. The summed E-state index contributed by atoms with van der Waals surface area (Å²) in [5, 5.41) is 11.8. The Balaban J connectivity index is 2.37. The number of hydrogen-bond donors (Lipinski definition) is 2. The lowest BCUT2D eigenvalue weighted by Gasteiger charge is -1.96. The highest BCUT2D eigenvalue weighted by Gasteiger charge is 1.98. The minimum absolute atomic E-state index is 0.215. The van der Waals surface area contributed by atoms with Gasteiger partial charge in [0.05, 0.1) is 6.61 Å². The van der Waals surface area contributed by atoms with Crippen molar-refractivity contribution >= 4 is 0 Å². The Morgan fingerprint density at radius 2 is 2.44 bits per heavy atom. The Kier molecular flexibility index (Phi) is 2.58. The van der Waals surface area contributed by atoms with E-state index in [0.29, 0.717) is 0 Å². The smallest absolute Gasteiger partial charge is 0.0658 e. The van der Waals surface area contributed by atoms with Crippen LogP contribution in [0.4, 0.5) is 0 Å².